The molecule has 1 heterocycles. The van der Waals surface area contributed by atoms with Crippen LogP contribution in [0.3, 0.4) is 0 Å². The molecule has 2 rings (SSSR count). The highest BCUT2D eigenvalue weighted by atomic mass is 32.1. The number of para-hydroxylation sites is 1. The number of ketones is 1. The van der Waals surface area contributed by atoms with Crippen molar-refractivity contribution in [3.63, 3.8) is 0 Å². The van der Waals surface area contributed by atoms with Crippen molar-refractivity contribution in [3.8, 4) is 5.75 Å². The molecule has 0 saturated carbocycles. The Morgan fingerprint density at radius 3 is 2.67 bits per heavy atom. The Morgan fingerprint density at radius 2 is 2.00 bits per heavy atom. The summed E-state index contributed by atoms with van der Waals surface area (Å²) in [5.74, 6) is -1.22. The number of carbonyl (C=O) groups is 2. The summed E-state index contributed by atoms with van der Waals surface area (Å²) in [6, 6.07) is 6.35. The fraction of sp³-hybridized carbons (Fsp3) is 0.125. The summed E-state index contributed by atoms with van der Waals surface area (Å²) in [6.45, 7) is 1.83. The number of carboxylic acid groups (broad SMARTS) is 1. The van der Waals surface area contributed by atoms with Gasteiger partial charge in [0, 0.05) is 4.88 Å². The normalized spacial score (nSPS) is 10.9. The van der Waals surface area contributed by atoms with Gasteiger partial charge in [-0.25, -0.2) is 0 Å². The van der Waals surface area contributed by atoms with Gasteiger partial charge in [-0.1, -0.05) is 12.1 Å². The van der Waals surface area contributed by atoms with E-state index >= 15 is 0 Å². The number of hydrogen-bond donors (Lipinski definition) is 2. The molecule has 1 aromatic heterocycles. The third-order valence-corrected chi connectivity index (χ3v) is 4.18. The van der Waals surface area contributed by atoms with E-state index in [9.17, 15) is 14.7 Å². The van der Waals surface area contributed by atoms with Gasteiger partial charge in [-0.2, -0.15) is 0 Å². The van der Waals surface area contributed by atoms with E-state index in [0.29, 0.717) is 0 Å². The lowest BCUT2D eigenvalue weighted by Gasteiger charge is -1.99. The summed E-state index contributed by atoms with van der Waals surface area (Å²) >= 11 is 1.39. The van der Waals surface area contributed by atoms with Gasteiger partial charge in [-0.05, 0) is 47.7 Å². The summed E-state index contributed by atoms with van der Waals surface area (Å²) in [4.78, 5) is 23.6. The van der Waals surface area contributed by atoms with Gasteiger partial charge < -0.3 is 10.2 Å². The van der Waals surface area contributed by atoms with Crippen LogP contribution in [0.15, 0.2) is 35.7 Å². The SMILES string of the molecule is Cc1c(CC(=O)O)csc1C=CC(=O)c1ccccc1O. The molecule has 0 aliphatic carbocycles. The van der Waals surface area contributed by atoms with E-state index in [1.54, 1.807) is 29.7 Å². The minimum Gasteiger partial charge on any atom is -0.507 e. The number of aliphatic carboxylic acids is 1. The highest BCUT2D eigenvalue weighted by Crippen LogP contribution is 2.24. The van der Waals surface area contributed by atoms with Crippen molar-refractivity contribution in [1.82, 2.24) is 0 Å². The van der Waals surface area contributed by atoms with Crippen LogP contribution in [0.5, 0.6) is 5.75 Å². The highest BCUT2D eigenvalue weighted by molar-refractivity contribution is 7.11. The molecule has 0 spiro atoms. The van der Waals surface area contributed by atoms with Crippen molar-refractivity contribution in [2.45, 2.75) is 13.3 Å². The van der Waals surface area contributed by atoms with Gasteiger partial charge in [-0.3, -0.25) is 9.59 Å². The van der Waals surface area contributed by atoms with E-state index in [2.05, 4.69) is 0 Å². The number of carbonyl (C=O) groups excluding carboxylic acids is 1. The number of phenolic OH excluding ortho intramolecular Hbond substituents is 1. The van der Waals surface area contributed by atoms with Gasteiger partial charge in [0.25, 0.3) is 0 Å². The lowest BCUT2D eigenvalue weighted by atomic mass is 10.1. The maximum atomic E-state index is 12.0. The second-order valence-electron chi connectivity index (χ2n) is 4.54. The van der Waals surface area contributed by atoms with Crippen LogP contribution < -0.4 is 0 Å². The van der Waals surface area contributed by atoms with Gasteiger partial charge in [-0.15, -0.1) is 11.3 Å². The Kier molecular flexibility index (Phi) is 4.55. The van der Waals surface area contributed by atoms with Crippen molar-refractivity contribution in [3.05, 3.63) is 57.3 Å². The standard InChI is InChI=1S/C16H14O4S/c1-10-11(8-16(19)20)9-21-15(10)7-6-14(18)12-4-2-3-5-13(12)17/h2-7,9,17H,8H2,1H3,(H,19,20). The number of phenols is 1. The van der Waals surface area contributed by atoms with Crippen LogP contribution in [-0.2, 0) is 11.2 Å². The number of aromatic hydroxyl groups is 1. The van der Waals surface area contributed by atoms with Gasteiger partial charge in [0.1, 0.15) is 5.75 Å². The summed E-state index contributed by atoms with van der Waals surface area (Å²) in [5.41, 5.74) is 1.86. The zero-order valence-electron chi connectivity index (χ0n) is 11.4. The lowest BCUT2D eigenvalue weighted by Crippen LogP contribution is -2.00. The summed E-state index contributed by atoms with van der Waals surface area (Å²) in [6.07, 6.45) is 3.02. The van der Waals surface area contributed by atoms with Crippen molar-refractivity contribution in [1.29, 1.82) is 0 Å². The van der Waals surface area contributed by atoms with E-state index in [1.807, 2.05) is 6.92 Å². The molecule has 108 valence electrons. The highest BCUT2D eigenvalue weighted by Gasteiger charge is 2.10. The zero-order chi connectivity index (χ0) is 15.4. The molecule has 0 unspecified atom stereocenters. The number of carboxylic acids is 1. The molecule has 0 bridgehead atoms. The number of rotatable bonds is 5. The maximum Gasteiger partial charge on any atom is 0.307 e. The molecule has 1 aromatic carbocycles. The quantitative estimate of drug-likeness (QED) is 0.656. The first-order valence-electron chi connectivity index (χ1n) is 6.28. The van der Waals surface area contributed by atoms with Crippen LogP contribution in [0.2, 0.25) is 0 Å². The van der Waals surface area contributed by atoms with Crippen molar-refractivity contribution < 1.29 is 19.8 Å². The monoisotopic (exact) mass is 302 g/mol. The fourth-order valence-corrected chi connectivity index (χ4v) is 2.88. The molecule has 0 amide bonds. The van der Waals surface area contributed by atoms with Gasteiger partial charge >= 0.3 is 5.97 Å². The first-order chi connectivity index (χ1) is 9.99. The van der Waals surface area contributed by atoms with Crippen LogP contribution in [0.4, 0.5) is 0 Å². The average molecular weight is 302 g/mol. The molecule has 0 atom stereocenters. The summed E-state index contributed by atoms with van der Waals surface area (Å²) in [7, 11) is 0. The molecule has 2 aromatic rings. The van der Waals surface area contributed by atoms with Crippen molar-refractivity contribution in [2.75, 3.05) is 0 Å². The van der Waals surface area contributed by atoms with Crippen LogP contribution in [0, 0.1) is 6.92 Å². The second kappa shape index (κ2) is 6.37. The fourth-order valence-electron chi connectivity index (χ4n) is 1.89. The number of hydrogen-bond acceptors (Lipinski definition) is 4. The molecule has 0 radical (unpaired) electrons. The third-order valence-electron chi connectivity index (χ3n) is 3.08. The first kappa shape index (κ1) is 15.0. The molecule has 0 aliphatic rings. The van der Waals surface area contributed by atoms with Gasteiger partial charge in [0.2, 0.25) is 0 Å². The zero-order valence-corrected chi connectivity index (χ0v) is 12.2. The van der Waals surface area contributed by atoms with E-state index in [1.165, 1.54) is 23.5 Å². The number of thiophene rings is 1. The minimum absolute atomic E-state index is 0.0242. The van der Waals surface area contributed by atoms with Crippen LogP contribution in [0.25, 0.3) is 6.08 Å². The van der Waals surface area contributed by atoms with Crippen LogP contribution in [0.1, 0.15) is 26.4 Å². The maximum absolute atomic E-state index is 12.0. The Bertz CT molecular complexity index is 713. The first-order valence-corrected chi connectivity index (χ1v) is 7.16. The molecule has 5 heteroatoms. The average Bonchev–Trinajstić information content (AvgIpc) is 2.77. The van der Waals surface area contributed by atoms with Crippen LogP contribution >= 0.6 is 11.3 Å². The molecule has 0 fully saturated rings. The van der Waals surface area contributed by atoms with E-state index < -0.39 is 5.97 Å². The molecule has 0 saturated heterocycles. The van der Waals surface area contributed by atoms with E-state index in [0.717, 1.165) is 16.0 Å². The lowest BCUT2D eigenvalue weighted by molar-refractivity contribution is -0.136. The van der Waals surface area contributed by atoms with E-state index in [4.69, 9.17) is 5.11 Å². The van der Waals surface area contributed by atoms with E-state index in [-0.39, 0.29) is 23.5 Å². The summed E-state index contributed by atoms with van der Waals surface area (Å²) < 4.78 is 0. The predicted octanol–water partition coefficient (Wildman–Crippen LogP) is 3.29. The Morgan fingerprint density at radius 1 is 1.29 bits per heavy atom. The summed E-state index contributed by atoms with van der Waals surface area (Å²) in [5, 5.41) is 20.2. The number of allylic oxidation sites excluding steroid dienone is 1. The number of benzene rings is 1. The Labute approximate surface area is 126 Å². The molecule has 2 N–H and O–H groups in total. The predicted molar refractivity (Wildman–Crippen MR) is 81.9 cm³/mol. The van der Waals surface area contributed by atoms with Crippen molar-refractivity contribution >= 4 is 29.2 Å². The molecular formula is C16H14O4S. The second-order valence-corrected chi connectivity index (χ2v) is 5.45. The minimum atomic E-state index is -0.878. The smallest absolute Gasteiger partial charge is 0.307 e. The topological polar surface area (TPSA) is 74.6 Å². The molecule has 21 heavy (non-hydrogen) atoms. The largest absolute Gasteiger partial charge is 0.507 e. The van der Waals surface area contributed by atoms with Crippen LogP contribution in [-0.4, -0.2) is 22.0 Å². The van der Waals surface area contributed by atoms with Gasteiger partial charge in [0.05, 0.1) is 12.0 Å². The molecule has 4 nitrogen and oxygen atoms in total. The molecular weight excluding hydrogens is 288 g/mol. The van der Waals surface area contributed by atoms with Gasteiger partial charge in [0.15, 0.2) is 5.78 Å². The molecule has 0 aliphatic heterocycles. The van der Waals surface area contributed by atoms with Crippen molar-refractivity contribution in [2.24, 2.45) is 0 Å². The Hall–Kier alpha value is -2.40. The third kappa shape index (κ3) is 3.58. The Balaban J connectivity index is 2.18.